The van der Waals surface area contributed by atoms with Crippen molar-refractivity contribution in [2.45, 2.75) is 39.5 Å². The summed E-state index contributed by atoms with van der Waals surface area (Å²) in [5.41, 5.74) is 2.91. The van der Waals surface area contributed by atoms with E-state index in [0.717, 1.165) is 22.6 Å². The Morgan fingerprint density at radius 1 is 1.26 bits per heavy atom. The van der Waals surface area contributed by atoms with Gasteiger partial charge in [-0.3, -0.25) is 9.89 Å². The van der Waals surface area contributed by atoms with E-state index in [1.54, 1.807) is 16.8 Å². The molecule has 3 aromatic rings. The molecule has 3 rings (SSSR count). The first-order chi connectivity index (χ1) is 12.7. The normalized spacial score (nSPS) is 11.6. The van der Waals surface area contributed by atoms with E-state index in [4.69, 9.17) is 16.3 Å². The first kappa shape index (κ1) is 19.1. The molecular formula is C19H22ClN5O2. The van der Waals surface area contributed by atoms with Gasteiger partial charge in [0, 0.05) is 21.6 Å². The standard InChI is InChI=1S/C19H22ClN5O2/c1-11-14(10-15(26)27-5)16(12-6-8-13(20)9-7-12)25(24-11)18-21-17(22-23-18)19(2,3)4/h6-9H,10H2,1-5H3,(H,21,22,23). The molecule has 0 bridgehead atoms. The summed E-state index contributed by atoms with van der Waals surface area (Å²) < 4.78 is 6.50. The highest BCUT2D eigenvalue weighted by Crippen LogP contribution is 2.30. The molecule has 0 aliphatic rings. The zero-order valence-corrected chi connectivity index (χ0v) is 16.8. The number of rotatable bonds is 4. The van der Waals surface area contributed by atoms with Crippen LogP contribution >= 0.6 is 11.6 Å². The molecule has 0 saturated carbocycles. The number of hydrogen-bond donors (Lipinski definition) is 1. The predicted molar refractivity (Wildman–Crippen MR) is 103 cm³/mol. The van der Waals surface area contributed by atoms with Crippen molar-refractivity contribution in [2.75, 3.05) is 7.11 Å². The van der Waals surface area contributed by atoms with Gasteiger partial charge < -0.3 is 4.74 Å². The number of benzene rings is 1. The number of ether oxygens (including phenoxy) is 1. The summed E-state index contributed by atoms with van der Waals surface area (Å²) in [6.45, 7) is 8.00. The van der Waals surface area contributed by atoms with Crippen LogP contribution in [0.5, 0.6) is 0 Å². The average Bonchev–Trinajstić information content (AvgIpc) is 3.21. The Labute approximate surface area is 162 Å². The smallest absolute Gasteiger partial charge is 0.310 e. The van der Waals surface area contributed by atoms with Crippen LogP contribution in [-0.2, 0) is 21.4 Å². The molecule has 142 valence electrons. The van der Waals surface area contributed by atoms with Gasteiger partial charge >= 0.3 is 5.97 Å². The molecule has 8 heteroatoms. The Morgan fingerprint density at radius 3 is 2.48 bits per heavy atom. The number of methoxy groups -OCH3 is 1. The molecule has 0 aliphatic heterocycles. The number of aromatic nitrogens is 5. The lowest BCUT2D eigenvalue weighted by Gasteiger charge is -2.13. The number of H-pyrrole nitrogens is 1. The Balaban J connectivity index is 2.19. The van der Waals surface area contributed by atoms with Gasteiger partial charge in [-0.25, -0.2) is 0 Å². The van der Waals surface area contributed by atoms with Gasteiger partial charge in [-0.1, -0.05) is 44.5 Å². The minimum atomic E-state index is -0.335. The highest BCUT2D eigenvalue weighted by Gasteiger charge is 2.25. The van der Waals surface area contributed by atoms with Crippen molar-refractivity contribution in [3.63, 3.8) is 0 Å². The second kappa shape index (κ2) is 7.15. The van der Waals surface area contributed by atoms with Crippen LogP contribution in [0, 0.1) is 6.92 Å². The number of carbonyl (C=O) groups is 1. The van der Waals surface area contributed by atoms with Crippen LogP contribution in [0.15, 0.2) is 24.3 Å². The zero-order chi connectivity index (χ0) is 19.8. The molecule has 1 aromatic carbocycles. The van der Waals surface area contributed by atoms with Crippen LogP contribution in [0.2, 0.25) is 5.02 Å². The van der Waals surface area contributed by atoms with E-state index in [9.17, 15) is 4.79 Å². The third-order valence-electron chi connectivity index (χ3n) is 4.22. The summed E-state index contributed by atoms with van der Waals surface area (Å²) in [6, 6.07) is 7.36. The molecule has 0 spiro atoms. The molecule has 0 saturated heterocycles. The van der Waals surface area contributed by atoms with Crippen molar-refractivity contribution in [1.82, 2.24) is 25.0 Å². The molecule has 27 heavy (non-hydrogen) atoms. The predicted octanol–water partition coefficient (Wildman–Crippen LogP) is 3.63. The minimum Gasteiger partial charge on any atom is -0.469 e. The molecule has 0 atom stereocenters. The number of hydrogen-bond acceptors (Lipinski definition) is 5. The van der Waals surface area contributed by atoms with E-state index in [1.165, 1.54) is 7.11 Å². The summed E-state index contributed by atoms with van der Waals surface area (Å²) in [7, 11) is 1.37. The number of nitrogens with zero attached hydrogens (tertiary/aromatic N) is 4. The fraction of sp³-hybridized carbons (Fsp3) is 0.368. The van der Waals surface area contributed by atoms with Crippen molar-refractivity contribution in [3.05, 3.63) is 46.4 Å². The Hall–Kier alpha value is -2.67. The monoisotopic (exact) mass is 387 g/mol. The van der Waals surface area contributed by atoms with Crippen LogP contribution in [0.1, 0.15) is 37.9 Å². The third-order valence-corrected chi connectivity index (χ3v) is 4.48. The van der Waals surface area contributed by atoms with Crippen molar-refractivity contribution >= 4 is 17.6 Å². The number of nitrogens with one attached hydrogen (secondary N) is 1. The highest BCUT2D eigenvalue weighted by atomic mass is 35.5. The highest BCUT2D eigenvalue weighted by molar-refractivity contribution is 6.30. The van der Waals surface area contributed by atoms with Gasteiger partial charge in [0.1, 0.15) is 5.82 Å². The van der Waals surface area contributed by atoms with Crippen LogP contribution in [0.3, 0.4) is 0 Å². The SMILES string of the molecule is COC(=O)Cc1c(C)nn(-c2n[nH]c(C(C)(C)C)n2)c1-c1ccc(Cl)cc1. The molecule has 2 heterocycles. The van der Waals surface area contributed by atoms with Crippen LogP contribution in [-0.4, -0.2) is 38.0 Å². The maximum absolute atomic E-state index is 11.9. The lowest BCUT2D eigenvalue weighted by molar-refractivity contribution is -0.139. The Morgan fingerprint density at radius 2 is 1.93 bits per heavy atom. The second-order valence-corrected chi connectivity index (χ2v) is 7.75. The summed E-state index contributed by atoms with van der Waals surface area (Å²) in [4.78, 5) is 16.5. The van der Waals surface area contributed by atoms with Gasteiger partial charge in [0.15, 0.2) is 0 Å². The fourth-order valence-electron chi connectivity index (χ4n) is 2.72. The van der Waals surface area contributed by atoms with E-state index >= 15 is 0 Å². The van der Waals surface area contributed by atoms with Gasteiger partial charge in [-0.05, 0) is 19.1 Å². The van der Waals surface area contributed by atoms with Crippen LogP contribution in [0.25, 0.3) is 17.2 Å². The van der Waals surface area contributed by atoms with Gasteiger partial charge in [0.25, 0.3) is 5.95 Å². The van der Waals surface area contributed by atoms with E-state index < -0.39 is 0 Å². The Bertz CT molecular complexity index is 967. The third kappa shape index (κ3) is 3.88. The van der Waals surface area contributed by atoms with Crippen molar-refractivity contribution < 1.29 is 9.53 Å². The topological polar surface area (TPSA) is 85.7 Å². The molecule has 0 unspecified atom stereocenters. The molecule has 0 amide bonds. The van der Waals surface area contributed by atoms with Crippen LogP contribution in [0.4, 0.5) is 0 Å². The molecule has 0 fully saturated rings. The number of carbonyl (C=O) groups excluding carboxylic acids is 1. The number of halogens is 1. The first-order valence-electron chi connectivity index (χ1n) is 8.55. The minimum absolute atomic E-state index is 0.108. The van der Waals surface area contributed by atoms with Crippen molar-refractivity contribution in [3.8, 4) is 17.2 Å². The summed E-state index contributed by atoms with van der Waals surface area (Å²) in [5, 5.41) is 12.5. The van der Waals surface area contributed by atoms with Gasteiger partial charge in [-0.2, -0.15) is 14.8 Å². The largest absolute Gasteiger partial charge is 0.469 e. The number of aromatic amines is 1. The van der Waals surface area contributed by atoms with E-state index in [2.05, 4.69) is 41.1 Å². The maximum atomic E-state index is 11.9. The summed E-state index contributed by atoms with van der Waals surface area (Å²) >= 11 is 6.03. The quantitative estimate of drug-likeness (QED) is 0.691. The van der Waals surface area contributed by atoms with Crippen molar-refractivity contribution in [2.24, 2.45) is 0 Å². The molecule has 0 aliphatic carbocycles. The zero-order valence-electron chi connectivity index (χ0n) is 16.0. The molecule has 2 aromatic heterocycles. The van der Waals surface area contributed by atoms with E-state index in [1.807, 2.05) is 19.1 Å². The summed E-state index contributed by atoms with van der Waals surface area (Å²) in [5.74, 6) is 0.838. The van der Waals surface area contributed by atoms with Crippen LogP contribution < -0.4 is 0 Å². The molecular weight excluding hydrogens is 366 g/mol. The molecule has 1 N–H and O–H groups in total. The lowest BCUT2D eigenvalue weighted by atomic mass is 9.96. The van der Waals surface area contributed by atoms with E-state index in [0.29, 0.717) is 16.7 Å². The average molecular weight is 388 g/mol. The van der Waals surface area contributed by atoms with Gasteiger partial charge in [-0.15, -0.1) is 5.10 Å². The van der Waals surface area contributed by atoms with E-state index in [-0.39, 0.29) is 17.8 Å². The number of aryl methyl sites for hydroxylation is 1. The molecule has 0 radical (unpaired) electrons. The maximum Gasteiger partial charge on any atom is 0.310 e. The molecule has 7 nitrogen and oxygen atoms in total. The fourth-order valence-corrected chi connectivity index (χ4v) is 2.85. The van der Waals surface area contributed by atoms with Gasteiger partial charge in [0.2, 0.25) is 0 Å². The lowest BCUT2D eigenvalue weighted by Crippen LogP contribution is -2.13. The summed E-state index contributed by atoms with van der Waals surface area (Å²) in [6.07, 6.45) is 0.108. The first-order valence-corrected chi connectivity index (χ1v) is 8.93. The van der Waals surface area contributed by atoms with Crippen molar-refractivity contribution in [1.29, 1.82) is 0 Å². The number of esters is 1. The second-order valence-electron chi connectivity index (χ2n) is 7.32. The Kier molecular flexibility index (Phi) is 5.06. The van der Waals surface area contributed by atoms with Gasteiger partial charge in [0.05, 0.1) is 24.9 Å².